The molecule has 0 aliphatic heterocycles. The van der Waals surface area contributed by atoms with Crippen LogP contribution >= 0.6 is 33.9 Å². The van der Waals surface area contributed by atoms with E-state index in [4.69, 9.17) is 0 Å². The number of imidazole rings is 1. The fraction of sp³-hybridized carbons (Fsp3) is 0. The van der Waals surface area contributed by atoms with Crippen LogP contribution in [0.25, 0.3) is 22.1 Å². The smallest absolute Gasteiger partial charge is 0.274 e. The Morgan fingerprint density at radius 3 is 2.86 bits per heavy atom. The number of benzene rings is 2. The van der Waals surface area contributed by atoms with E-state index in [-0.39, 0.29) is 11.3 Å². The van der Waals surface area contributed by atoms with Crippen molar-refractivity contribution in [1.29, 1.82) is 0 Å². The summed E-state index contributed by atoms with van der Waals surface area (Å²) in [4.78, 5) is 17.8. The maximum atomic E-state index is 12.6. The predicted molar refractivity (Wildman–Crippen MR) is 96.5 cm³/mol. The van der Waals surface area contributed by atoms with Crippen LogP contribution in [0.15, 0.2) is 47.3 Å². The number of rotatable bonds is 1. The molecule has 22 heavy (non-hydrogen) atoms. The Morgan fingerprint density at radius 2 is 2.05 bits per heavy atom. The Hall–Kier alpha value is -1.93. The van der Waals surface area contributed by atoms with Crippen LogP contribution in [-0.4, -0.2) is 14.5 Å². The molecule has 108 valence electrons. The third-order valence-electron chi connectivity index (χ3n) is 3.41. The summed E-state index contributed by atoms with van der Waals surface area (Å²) < 4.78 is 3.04. The summed E-state index contributed by atoms with van der Waals surface area (Å²) in [6.07, 6.45) is 1.83. The van der Waals surface area contributed by atoms with Crippen molar-refractivity contribution in [3.63, 3.8) is 0 Å². The minimum Gasteiger partial charge on any atom is -0.507 e. The molecule has 0 fully saturated rings. The molecule has 4 aromatic rings. The highest BCUT2D eigenvalue weighted by molar-refractivity contribution is 14.1. The number of phenolic OH excluding ortho intramolecular Hbond substituents is 1. The van der Waals surface area contributed by atoms with Crippen LogP contribution in [0, 0.1) is 3.57 Å². The van der Waals surface area contributed by atoms with Gasteiger partial charge < -0.3 is 5.11 Å². The van der Waals surface area contributed by atoms with E-state index in [1.165, 1.54) is 11.3 Å². The fourth-order valence-corrected chi connectivity index (χ4v) is 3.90. The van der Waals surface area contributed by atoms with Crippen LogP contribution < -0.4 is 10.1 Å². The molecule has 0 unspecified atom stereocenters. The molecule has 2 aromatic heterocycles. The number of para-hydroxylation sites is 2. The van der Waals surface area contributed by atoms with Gasteiger partial charge in [-0.15, -0.1) is 0 Å². The third kappa shape index (κ3) is 2.10. The molecule has 0 aliphatic carbocycles. The molecule has 2 aromatic carbocycles. The molecule has 4 rings (SSSR count). The second-order valence-corrected chi connectivity index (χ2v) is 7.02. The third-order valence-corrected chi connectivity index (χ3v) is 5.25. The molecule has 0 saturated heterocycles. The van der Waals surface area contributed by atoms with Crippen molar-refractivity contribution in [3.05, 3.63) is 66.5 Å². The first-order valence-electron chi connectivity index (χ1n) is 6.54. The van der Waals surface area contributed by atoms with Gasteiger partial charge in [0.2, 0.25) is 0 Å². The van der Waals surface area contributed by atoms with E-state index in [0.717, 1.165) is 20.2 Å². The summed E-state index contributed by atoms with van der Waals surface area (Å²) in [5.41, 5.74) is 2.49. The van der Waals surface area contributed by atoms with Crippen LogP contribution in [-0.2, 0) is 0 Å². The van der Waals surface area contributed by atoms with E-state index in [1.807, 2.05) is 36.4 Å². The van der Waals surface area contributed by atoms with Gasteiger partial charge in [0.25, 0.3) is 5.56 Å². The quantitative estimate of drug-likeness (QED) is 0.482. The predicted octanol–water partition coefficient (Wildman–Crippen LogP) is 2.77. The summed E-state index contributed by atoms with van der Waals surface area (Å²) in [6, 6.07) is 12.9. The summed E-state index contributed by atoms with van der Waals surface area (Å²) in [7, 11) is 0. The zero-order chi connectivity index (χ0) is 15.3. The fourth-order valence-electron chi connectivity index (χ4n) is 2.38. The summed E-state index contributed by atoms with van der Waals surface area (Å²) in [6.45, 7) is 0. The zero-order valence-electron chi connectivity index (χ0n) is 11.2. The molecule has 2 heterocycles. The number of aromatic nitrogens is 2. The Bertz CT molecular complexity index is 1130. The number of aromatic hydroxyl groups is 1. The summed E-state index contributed by atoms with van der Waals surface area (Å²) in [5.74, 6) is 0.243. The molecule has 4 nitrogen and oxygen atoms in total. The lowest BCUT2D eigenvalue weighted by Crippen LogP contribution is -2.22. The molecule has 0 saturated carbocycles. The van der Waals surface area contributed by atoms with E-state index in [1.54, 1.807) is 16.5 Å². The first-order chi connectivity index (χ1) is 10.6. The van der Waals surface area contributed by atoms with Crippen molar-refractivity contribution in [1.82, 2.24) is 9.38 Å². The van der Waals surface area contributed by atoms with E-state index < -0.39 is 0 Å². The Kier molecular flexibility index (Phi) is 3.16. The van der Waals surface area contributed by atoms with Crippen molar-refractivity contribution in [2.75, 3.05) is 0 Å². The lowest BCUT2D eigenvalue weighted by atomic mass is 10.2. The Labute approximate surface area is 142 Å². The lowest BCUT2D eigenvalue weighted by Gasteiger charge is -1.97. The monoisotopic (exact) mass is 420 g/mol. The summed E-state index contributed by atoms with van der Waals surface area (Å²) >= 11 is 3.44. The van der Waals surface area contributed by atoms with Crippen molar-refractivity contribution in [2.45, 2.75) is 0 Å². The van der Waals surface area contributed by atoms with E-state index >= 15 is 0 Å². The molecule has 0 bridgehead atoms. The number of hydrogen-bond acceptors (Lipinski definition) is 4. The largest absolute Gasteiger partial charge is 0.507 e. The standard InChI is InChI=1S/C16H9IN2O2S/c17-10-7-9(5-6-13(10)20)8-14-15(21)19-12-4-2-1-3-11(12)18-16(19)22-14/h1-8,20H/b14-8-. The van der Waals surface area contributed by atoms with Crippen LogP contribution in [0.2, 0.25) is 0 Å². The van der Waals surface area contributed by atoms with E-state index in [2.05, 4.69) is 27.6 Å². The molecule has 1 N–H and O–H groups in total. The highest BCUT2D eigenvalue weighted by Crippen LogP contribution is 2.21. The van der Waals surface area contributed by atoms with Crippen LogP contribution in [0.4, 0.5) is 0 Å². The molecule has 0 atom stereocenters. The second-order valence-electron chi connectivity index (χ2n) is 4.85. The topological polar surface area (TPSA) is 54.6 Å². The van der Waals surface area contributed by atoms with Gasteiger partial charge in [-0.05, 0) is 58.5 Å². The maximum absolute atomic E-state index is 12.6. The molecular weight excluding hydrogens is 411 g/mol. The minimum absolute atomic E-state index is 0.0585. The number of phenols is 1. The second kappa shape index (κ2) is 5.06. The number of halogens is 1. The molecular formula is C16H9IN2O2S. The van der Waals surface area contributed by atoms with Gasteiger partial charge in [0.15, 0.2) is 4.96 Å². The average Bonchev–Trinajstić information content (AvgIpc) is 3.00. The van der Waals surface area contributed by atoms with Gasteiger partial charge in [-0.25, -0.2) is 9.38 Å². The van der Waals surface area contributed by atoms with E-state index in [9.17, 15) is 9.90 Å². The molecule has 0 radical (unpaired) electrons. The first kappa shape index (κ1) is 13.7. The van der Waals surface area contributed by atoms with Crippen LogP contribution in [0.1, 0.15) is 5.56 Å². The van der Waals surface area contributed by atoms with Gasteiger partial charge in [-0.2, -0.15) is 0 Å². The minimum atomic E-state index is -0.0585. The van der Waals surface area contributed by atoms with Gasteiger partial charge in [-0.1, -0.05) is 29.5 Å². The SMILES string of the molecule is O=c1/c(=C/c2ccc(O)c(I)c2)sc2nc3ccccc3n12. The van der Waals surface area contributed by atoms with Crippen LogP contribution in [0.5, 0.6) is 5.75 Å². The van der Waals surface area contributed by atoms with Gasteiger partial charge >= 0.3 is 0 Å². The number of thiazole rings is 1. The molecule has 0 aliphatic rings. The lowest BCUT2D eigenvalue weighted by molar-refractivity contribution is 0.471. The highest BCUT2D eigenvalue weighted by Gasteiger charge is 2.10. The van der Waals surface area contributed by atoms with Crippen molar-refractivity contribution < 1.29 is 5.11 Å². The zero-order valence-corrected chi connectivity index (χ0v) is 14.1. The maximum Gasteiger partial charge on any atom is 0.274 e. The number of nitrogens with zero attached hydrogens (tertiary/aromatic N) is 2. The van der Waals surface area contributed by atoms with Crippen LogP contribution in [0.3, 0.4) is 0 Å². The normalized spacial score (nSPS) is 12.5. The van der Waals surface area contributed by atoms with Gasteiger partial charge in [0, 0.05) is 0 Å². The Balaban J connectivity index is 1.99. The van der Waals surface area contributed by atoms with Gasteiger partial charge in [-0.3, -0.25) is 4.79 Å². The van der Waals surface area contributed by atoms with Crippen molar-refractivity contribution >= 4 is 56.0 Å². The van der Waals surface area contributed by atoms with E-state index in [0.29, 0.717) is 9.49 Å². The van der Waals surface area contributed by atoms with Crippen molar-refractivity contribution in [3.8, 4) is 5.75 Å². The summed E-state index contributed by atoms with van der Waals surface area (Å²) in [5, 5.41) is 9.57. The van der Waals surface area contributed by atoms with Gasteiger partial charge in [0.1, 0.15) is 5.75 Å². The highest BCUT2D eigenvalue weighted by atomic mass is 127. The average molecular weight is 420 g/mol. The van der Waals surface area contributed by atoms with Gasteiger partial charge in [0.05, 0.1) is 19.1 Å². The molecule has 0 spiro atoms. The first-order valence-corrected chi connectivity index (χ1v) is 8.43. The number of hydrogen-bond donors (Lipinski definition) is 1. The Morgan fingerprint density at radius 1 is 1.23 bits per heavy atom. The number of fused-ring (bicyclic) bond motifs is 3. The molecule has 6 heteroatoms. The van der Waals surface area contributed by atoms with Crippen molar-refractivity contribution in [2.24, 2.45) is 0 Å². The molecule has 0 amide bonds.